The molecule has 5 nitrogen and oxygen atoms in total. The number of hydrogen-bond acceptors (Lipinski definition) is 4. The molecule has 1 unspecified atom stereocenters. The quantitative estimate of drug-likeness (QED) is 0.850. The fraction of sp³-hybridized carbons (Fsp3) is 0.500. The lowest BCUT2D eigenvalue weighted by atomic mass is 9.98. The molecule has 19 heavy (non-hydrogen) atoms. The van der Waals surface area contributed by atoms with Crippen molar-refractivity contribution in [2.75, 3.05) is 14.2 Å². The largest absolute Gasteiger partial charge is 0.497 e. The van der Waals surface area contributed by atoms with Crippen LogP contribution in [0.4, 0.5) is 0 Å². The first-order chi connectivity index (χ1) is 8.81. The SMILES string of the molecule is COc1ccc(C(=O)NC(C)(C)C(C)O)c(OC)c1. The summed E-state index contributed by atoms with van der Waals surface area (Å²) in [6.45, 7) is 5.14. The molecule has 1 rings (SSSR count). The molecule has 0 aliphatic rings. The predicted octanol–water partition coefficient (Wildman–Crippen LogP) is 1.59. The van der Waals surface area contributed by atoms with Crippen molar-refractivity contribution in [2.45, 2.75) is 32.4 Å². The van der Waals surface area contributed by atoms with E-state index >= 15 is 0 Å². The number of carbonyl (C=O) groups excluding carboxylic acids is 1. The van der Waals surface area contributed by atoms with Gasteiger partial charge in [0.15, 0.2) is 0 Å². The number of amides is 1. The third kappa shape index (κ3) is 3.61. The molecule has 0 saturated carbocycles. The minimum Gasteiger partial charge on any atom is -0.497 e. The Labute approximate surface area is 113 Å². The molecular weight excluding hydrogens is 246 g/mol. The van der Waals surface area contributed by atoms with Gasteiger partial charge in [0.25, 0.3) is 5.91 Å². The van der Waals surface area contributed by atoms with Crippen LogP contribution in [0.2, 0.25) is 0 Å². The van der Waals surface area contributed by atoms with Crippen LogP contribution in [0.3, 0.4) is 0 Å². The third-order valence-corrected chi connectivity index (χ3v) is 3.13. The van der Waals surface area contributed by atoms with Crippen LogP contribution in [-0.4, -0.2) is 36.9 Å². The zero-order valence-corrected chi connectivity index (χ0v) is 12.0. The molecule has 0 aliphatic carbocycles. The molecule has 0 fully saturated rings. The summed E-state index contributed by atoms with van der Waals surface area (Å²) in [4.78, 5) is 12.2. The maximum Gasteiger partial charge on any atom is 0.255 e. The van der Waals surface area contributed by atoms with E-state index in [0.717, 1.165) is 0 Å². The lowest BCUT2D eigenvalue weighted by Gasteiger charge is -2.29. The van der Waals surface area contributed by atoms with Crippen molar-refractivity contribution in [3.63, 3.8) is 0 Å². The maximum absolute atomic E-state index is 12.2. The van der Waals surface area contributed by atoms with Crippen molar-refractivity contribution in [1.82, 2.24) is 5.32 Å². The summed E-state index contributed by atoms with van der Waals surface area (Å²) in [5.74, 6) is 0.742. The highest BCUT2D eigenvalue weighted by Crippen LogP contribution is 2.25. The van der Waals surface area contributed by atoms with Crippen LogP contribution in [0.15, 0.2) is 18.2 Å². The van der Waals surface area contributed by atoms with Gasteiger partial charge in [-0.3, -0.25) is 4.79 Å². The van der Waals surface area contributed by atoms with Gasteiger partial charge in [0, 0.05) is 6.07 Å². The van der Waals surface area contributed by atoms with E-state index < -0.39 is 11.6 Å². The first kappa shape index (κ1) is 15.3. The fourth-order valence-electron chi connectivity index (χ4n) is 1.45. The molecule has 0 spiro atoms. The van der Waals surface area contributed by atoms with E-state index in [1.165, 1.54) is 7.11 Å². The molecule has 1 amide bonds. The Balaban J connectivity index is 3.00. The molecule has 0 saturated heterocycles. The van der Waals surface area contributed by atoms with Gasteiger partial charge in [-0.1, -0.05) is 0 Å². The number of aliphatic hydroxyl groups is 1. The third-order valence-electron chi connectivity index (χ3n) is 3.13. The number of methoxy groups -OCH3 is 2. The van der Waals surface area contributed by atoms with Gasteiger partial charge in [0.2, 0.25) is 0 Å². The molecule has 1 aromatic rings. The van der Waals surface area contributed by atoms with Crippen LogP contribution < -0.4 is 14.8 Å². The predicted molar refractivity (Wildman–Crippen MR) is 72.8 cm³/mol. The lowest BCUT2D eigenvalue weighted by Crippen LogP contribution is -2.51. The molecule has 106 valence electrons. The Morgan fingerprint density at radius 1 is 1.32 bits per heavy atom. The Bertz CT molecular complexity index is 455. The molecule has 2 N–H and O–H groups in total. The van der Waals surface area contributed by atoms with Crippen LogP contribution in [0.25, 0.3) is 0 Å². The summed E-state index contributed by atoms with van der Waals surface area (Å²) in [7, 11) is 3.04. The van der Waals surface area contributed by atoms with Crippen molar-refractivity contribution in [3.8, 4) is 11.5 Å². The van der Waals surface area contributed by atoms with Gasteiger partial charge in [-0.25, -0.2) is 0 Å². The highest BCUT2D eigenvalue weighted by molar-refractivity contribution is 5.97. The van der Waals surface area contributed by atoms with Crippen LogP contribution >= 0.6 is 0 Å². The zero-order chi connectivity index (χ0) is 14.6. The first-order valence-electron chi connectivity index (χ1n) is 6.04. The van der Waals surface area contributed by atoms with Gasteiger partial charge in [-0.05, 0) is 32.9 Å². The lowest BCUT2D eigenvalue weighted by molar-refractivity contribution is 0.0707. The summed E-state index contributed by atoms with van der Waals surface area (Å²) >= 11 is 0. The second-order valence-corrected chi connectivity index (χ2v) is 4.92. The monoisotopic (exact) mass is 267 g/mol. The van der Waals surface area contributed by atoms with E-state index in [-0.39, 0.29) is 5.91 Å². The van der Waals surface area contributed by atoms with Gasteiger partial charge >= 0.3 is 0 Å². The molecule has 0 aromatic heterocycles. The average Bonchev–Trinajstić information content (AvgIpc) is 2.37. The average molecular weight is 267 g/mol. The van der Waals surface area contributed by atoms with Crippen LogP contribution in [-0.2, 0) is 0 Å². The minimum atomic E-state index is -0.720. The number of ether oxygens (including phenoxy) is 2. The van der Waals surface area contributed by atoms with E-state index in [2.05, 4.69) is 5.32 Å². The van der Waals surface area contributed by atoms with Crippen molar-refractivity contribution in [1.29, 1.82) is 0 Å². The zero-order valence-electron chi connectivity index (χ0n) is 12.0. The van der Waals surface area contributed by atoms with Crippen molar-refractivity contribution in [2.24, 2.45) is 0 Å². The number of nitrogens with one attached hydrogen (secondary N) is 1. The standard InChI is InChI=1S/C14H21NO4/c1-9(16)14(2,3)15-13(17)11-7-6-10(18-4)8-12(11)19-5/h6-9,16H,1-5H3,(H,15,17). The number of hydrogen-bond donors (Lipinski definition) is 2. The highest BCUT2D eigenvalue weighted by atomic mass is 16.5. The number of rotatable bonds is 5. The van der Waals surface area contributed by atoms with Gasteiger partial charge in [0.1, 0.15) is 11.5 Å². The Hall–Kier alpha value is -1.75. The minimum absolute atomic E-state index is 0.301. The van der Waals surface area contributed by atoms with Crippen molar-refractivity contribution < 1.29 is 19.4 Å². The molecule has 0 heterocycles. The molecule has 1 atom stereocenters. The maximum atomic E-state index is 12.2. The summed E-state index contributed by atoms with van der Waals surface area (Å²) in [5, 5.41) is 12.4. The van der Waals surface area contributed by atoms with E-state index in [0.29, 0.717) is 17.1 Å². The van der Waals surface area contributed by atoms with Crippen LogP contribution in [0, 0.1) is 0 Å². The fourth-order valence-corrected chi connectivity index (χ4v) is 1.45. The summed E-state index contributed by atoms with van der Waals surface area (Å²) in [6, 6.07) is 4.96. The number of benzene rings is 1. The second-order valence-electron chi connectivity index (χ2n) is 4.92. The normalized spacial score (nSPS) is 12.7. The topological polar surface area (TPSA) is 67.8 Å². The van der Waals surface area contributed by atoms with Gasteiger partial charge in [-0.2, -0.15) is 0 Å². The van der Waals surface area contributed by atoms with E-state index in [1.807, 2.05) is 0 Å². The smallest absolute Gasteiger partial charge is 0.255 e. The highest BCUT2D eigenvalue weighted by Gasteiger charge is 2.27. The second kappa shape index (κ2) is 5.93. The van der Waals surface area contributed by atoms with Gasteiger partial charge in [-0.15, -0.1) is 0 Å². The van der Waals surface area contributed by atoms with Crippen molar-refractivity contribution in [3.05, 3.63) is 23.8 Å². The molecule has 0 radical (unpaired) electrons. The molecule has 0 aliphatic heterocycles. The summed E-state index contributed by atoms with van der Waals surface area (Å²) in [6.07, 6.45) is -0.666. The van der Waals surface area contributed by atoms with Crippen LogP contribution in [0.1, 0.15) is 31.1 Å². The Morgan fingerprint density at radius 3 is 2.42 bits per heavy atom. The van der Waals surface area contributed by atoms with Crippen LogP contribution in [0.5, 0.6) is 11.5 Å². The first-order valence-corrected chi connectivity index (χ1v) is 6.04. The van der Waals surface area contributed by atoms with E-state index in [4.69, 9.17) is 9.47 Å². The summed E-state index contributed by atoms with van der Waals surface area (Å²) in [5.41, 5.74) is -0.320. The summed E-state index contributed by atoms with van der Waals surface area (Å²) < 4.78 is 10.3. The van der Waals surface area contributed by atoms with E-state index in [1.54, 1.807) is 46.1 Å². The number of carbonyl (C=O) groups is 1. The van der Waals surface area contributed by atoms with E-state index in [9.17, 15) is 9.90 Å². The molecule has 5 heteroatoms. The molecule has 1 aromatic carbocycles. The number of aliphatic hydroxyl groups excluding tert-OH is 1. The Kier molecular flexibility index (Phi) is 4.78. The Morgan fingerprint density at radius 2 is 1.95 bits per heavy atom. The molecular formula is C14H21NO4. The van der Waals surface area contributed by atoms with Gasteiger partial charge < -0.3 is 19.9 Å². The molecule has 0 bridgehead atoms. The van der Waals surface area contributed by atoms with Crippen molar-refractivity contribution >= 4 is 5.91 Å². The van der Waals surface area contributed by atoms with Gasteiger partial charge in [0.05, 0.1) is 31.4 Å².